The van der Waals surface area contributed by atoms with Gasteiger partial charge in [-0.25, -0.2) is 9.88 Å². The SMILES string of the molecule is COc1ccc(C2C3=CCC4C(=O)N(c5ccc(-c6nc7ccccc7o6)cc5)C(=O)C4C3CC3C(=O)N(c4cc(-c5sc6ccc(Cl)cc6c5C)nn4C)C(=O)C32C)cc1O. The fourth-order valence-corrected chi connectivity index (χ4v) is 12.0. The molecule has 5 heterocycles. The summed E-state index contributed by atoms with van der Waals surface area (Å²) in [7, 11) is 3.17. The van der Waals surface area contributed by atoms with Gasteiger partial charge < -0.3 is 14.3 Å². The van der Waals surface area contributed by atoms with Crippen molar-refractivity contribution in [2.75, 3.05) is 16.9 Å². The first kappa shape index (κ1) is 38.4. The van der Waals surface area contributed by atoms with Gasteiger partial charge in [-0.1, -0.05) is 41.4 Å². The van der Waals surface area contributed by atoms with Crippen LogP contribution >= 0.6 is 22.9 Å². The number of methoxy groups -OCH3 is 1. The monoisotopic (exact) mass is 863 g/mol. The molecule has 310 valence electrons. The summed E-state index contributed by atoms with van der Waals surface area (Å²) in [5.74, 6) is -4.16. The number of hydrogen-bond acceptors (Lipinski definition) is 10. The van der Waals surface area contributed by atoms with Crippen molar-refractivity contribution in [2.24, 2.45) is 36.1 Å². The highest BCUT2D eigenvalue weighted by Gasteiger charge is 2.68. The molecular formula is C48H38ClN5O7S. The van der Waals surface area contributed by atoms with Crippen molar-refractivity contribution in [1.82, 2.24) is 14.8 Å². The van der Waals surface area contributed by atoms with Gasteiger partial charge in [0.25, 0.3) is 0 Å². The fraction of sp³-hybridized carbons (Fsp3) is 0.250. The van der Waals surface area contributed by atoms with Crippen LogP contribution in [-0.2, 0) is 26.2 Å². The van der Waals surface area contributed by atoms with Gasteiger partial charge in [0.2, 0.25) is 29.5 Å². The quantitative estimate of drug-likeness (QED) is 0.128. The predicted molar refractivity (Wildman–Crippen MR) is 235 cm³/mol. The zero-order valence-corrected chi connectivity index (χ0v) is 35.5. The van der Waals surface area contributed by atoms with E-state index in [1.165, 1.54) is 16.9 Å². The first-order valence-corrected chi connectivity index (χ1v) is 21.6. The number of halogens is 1. The third-order valence-electron chi connectivity index (χ3n) is 13.7. The molecule has 6 atom stereocenters. The lowest BCUT2D eigenvalue weighted by Crippen LogP contribution is -2.48. The molecule has 14 heteroatoms. The van der Waals surface area contributed by atoms with Crippen molar-refractivity contribution in [2.45, 2.75) is 32.6 Å². The first-order valence-electron chi connectivity index (χ1n) is 20.4. The van der Waals surface area contributed by atoms with Crippen LogP contribution in [-0.4, -0.2) is 50.6 Å². The average molecular weight is 864 g/mol. The number of oxazole rings is 1. The molecule has 0 radical (unpaired) electrons. The minimum Gasteiger partial charge on any atom is -0.504 e. The zero-order valence-electron chi connectivity index (χ0n) is 34.0. The molecule has 6 unspecified atom stereocenters. The van der Waals surface area contributed by atoms with Crippen LogP contribution in [0.1, 0.15) is 36.8 Å². The molecule has 4 aromatic carbocycles. The number of nitrogens with zero attached hydrogens (tertiary/aromatic N) is 5. The maximum Gasteiger partial charge on any atom is 0.242 e. The van der Waals surface area contributed by atoms with Crippen LogP contribution in [0.25, 0.3) is 43.2 Å². The molecule has 1 N–H and O–H groups in total. The van der Waals surface area contributed by atoms with Crippen LogP contribution < -0.4 is 14.5 Å². The summed E-state index contributed by atoms with van der Waals surface area (Å²) in [6.45, 7) is 3.82. The highest BCUT2D eigenvalue weighted by molar-refractivity contribution is 7.22. The number of ether oxygens (including phenoxy) is 1. The Labute approximate surface area is 364 Å². The van der Waals surface area contributed by atoms with Crippen molar-refractivity contribution in [1.29, 1.82) is 0 Å². The van der Waals surface area contributed by atoms with Gasteiger partial charge in [-0.3, -0.25) is 28.8 Å². The zero-order chi connectivity index (χ0) is 42.9. The van der Waals surface area contributed by atoms with E-state index in [0.29, 0.717) is 44.8 Å². The Balaban J connectivity index is 0.971. The predicted octanol–water partition coefficient (Wildman–Crippen LogP) is 9.22. The van der Waals surface area contributed by atoms with E-state index in [0.717, 1.165) is 31.6 Å². The van der Waals surface area contributed by atoms with Crippen LogP contribution in [0, 0.1) is 36.0 Å². The number of phenols is 1. The van der Waals surface area contributed by atoms with Crippen molar-refractivity contribution in [3.63, 3.8) is 0 Å². The number of thiophene rings is 1. The normalized spacial score (nSPS) is 24.5. The van der Waals surface area contributed by atoms with Gasteiger partial charge in [-0.2, -0.15) is 5.10 Å². The molecule has 3 fully saturated rings. The number of imide groups is 2. The molecule has 4 aliphatic rings. The molecule has 4 amide bonds. The third kappa shape index (κ3) is 5.37. The molecule has 3 aromatic heterocycles. The van der Waals surface area contributed by atoms with Gasteiger partial charge >= 0.3 is 0 Å². The van der Waals surface area contributed by atoms with E-state index in [1.54, 1.807) is 71.6 Å². The number of aromatic nitrogens is 3. The number of carbonyl (C=O) groups excluding carboxylic acids is 4. The molecule has 11 rings (SSSR count). The number of rotatable bonds is 6. The highest BCUT2D eigenvalue weighted by Crippen LogP contribution is 2.64. The summed E-state index contributed by atoms with van der Waals surface area (Å²) in [6, 6.07) is 27.0. The van der Waals surface area contributed by atoms with Gasteiger partial charge in [0, 0.05) is 34.3 Å². The van der Waals surface area contributed by atoms with E-state index in [9.17, 15) is 14.7 Å². The second kappa shape index (κ2) is 13.7. The summed E-state index contributed by atoms with van der Waals surface area (Å²) >= 11 is 7.90. The van der Waals surface area contributed by atoms with Gasteiger partial charge in [0.1, 0.15) is 17.0 Å². The van der Waals surface area contributed by atoms with Crippen molar-refractivity contribution in [3.8, 4) is 33.5 Å². The minimum absolute atomic E-state index is 0.119. The topological polar surface area (TPSA) is 148 Å². The van der Waals surface area contributed by atoms with E-state index in [1.807, 2.05) is 62.4 Å². The maximum atomic E-state index is 15.2. The Morgan fingerprint density at radius 1 is 0.919 bits per heavy atom. The Morgan fingerprint density at radius 3 is 2.47 bits per heavy atom. The number of para-hydroxylation sites is 2. The largest absolute Gasteiger partial charge is 0.504 e. The second-order valence-electron chi connectivity index (χ2n) is 16.8. The summed E-state index contributed by atoms with van der Waals surface area (Å²) < 4.78 is 13.9. The molecular weight excluding hydrogens is 826 g/mol. The molecule has 12 nitrogen and oxygen atoms in total. The maximum absolute atomic E-state index is 15.2. The van der Waals surface area contributed by atoms with E-state index >= 15 is 9.59 Å². The summed E-state index contributed by atoms with van der Waals surface area (Å²) in [5, 5.41) is 17.6. The Hall–Kier alpha value is -6.57. The minimum atomic E-state index is -1.33. The molecule has 2 aliphatic heterocycles. The molecule has 62 heavy (non-hydrogen) atoms. The highest BCUT2D eigenvalue weighted by atomic mass is 35.5. The number of allylic oxidation sites excluding steroid dienone is 2. The van der Waals surface area contributed by atoms with Crippen molar-refractivity contribution < 1.29 is 33.4 Å². The average Bonchev–Trinajstić information content (AvgIpc) is 4.05. The van der Waals surface area contributed by atoms with E-state index in [4.69, 9.17) is 25.9 Å². The number of phenolic OH excluding ortho intramolecular Hbond substituents is 1. The smallest absolute Gasteiger partial charge is 0.242 e. The standard InChI is InChI=1S/C48H38ClN5O7S/c1-23-30-20-26(49)12-18-38(30)62-42(23)34-22-39(52(3)51-34)54-45(57)32-21-31-28(41(48(32,2)47(54)59)25-11-17-37(60-4)35(55)19-25)15-16-29-40(31)46(58)53(44(29)56)27-13-9-24(10-14-27)43-50-33-7-5-6-8-36(33)61-43/h5-15,17-20,22,29,31-32,40-41,55H,16,21H2,1-4H3. The number of aromatic hydroxyl groups is 1. The summed E-state index contributed by atoms with van der Waals surface area (Å²) in [4.78, 5) is 67.4. The summed E-state index contributed by atoms with van der Waals surface area (Å²) in [6.07, 6.45) is 2.44. The second-order valence-corrected chi connectivity index (χ2v) is 18.3. The fourth-order valence-electron chi connectivity index (χ4n) is 10.7. The summed E-state index contributed by atoms with van der Waals surface area (Å²) in [5.41, 5.74) is 4.18. The third-order valence-corrected chi connectivity index (χ3v) is 15.2. The Kier molecular flexibility index (Phi) is 8.49. The van der Waals surface area contributed by atoms with E-state index in [-0.39, 0.29) is 36.2 Å². The molecule has 2 saturated heterocycles. The van der Waals surface area contributed by atoms with E-state index < -0.39 is 46.8 Å². The van der Waals surface area contributed by atoms with Gasteiger partial charge in [0.05, 0.1) is 40.8 Å². The molecule has 0 bridgehead atoms. The lowest BCUT2D eigenvalue weighted by molar-refractivity contribution is -0.131. The van der Waals surface area contributed by atoms with Gasteiger partial charge in [0.15, 0.2) is 17.1 Å². The Bertz CT molecular complexity index is 3100. The first-order chi connectivity index (χ1) is 29.9. The number of hydrogen-bond donors (Lipinski definition) is 1. The van der Waals surface area contributed by atoms with Gasteiger partial charge in [-0.05, 0) is 116 Å². The molecule has 7 aromatic rings. The van der Waals surface area contributed by atoms with Crippen molar-refractivity contribution in [3.05, 3.63) is 119 Å². The van der Waals surface area contributed by atoms with Crippen LogP contribution in [0.4, 0.5) is 11.5 Å². The van der Waals surface area contributed by atoms with Crippen LogP contribution in [0.3, 0.4) is 0 Å². The number of carbonyl (C=O) groups is 4. The lowest BCUT2D eigenvalue weighted by atomic mass is 9.51. The number of fused-ring (bicyclic) bond motifs is 6. The number of amides is 4. The van der Waals surface area contributed by atoms with Crippen LogP contribution in [0.15, 0.2) is 107 Å². The number of benzene rings is 4. The number of anilines is 2. The number of aryl methyl sites for hydroxylation is 2. The molecule has 2 aliphatic carbocycles. The molecule has 0 spiro atoms. The van der Waals surface area contributed by atoms with Crippen molar-refractivity contribution >= 4 is 79.3 Å². The van der Waals surface area contributed by atoms with Crippen LogP contribution in [0.5, 0.6) is 11.5 Å². The van der Waals surface area contributed by atoms with Crippen LogP contribution in [0.2, 0.25) is 5.02 Å². The lowest BCUT2D eigenvalue weighted by Gasteiger charge is -2.49. The Morgan fingerprint density at radius 2 is 1.71 bits per heavy atom. The molecule has 1 saturated carbocycles. The van der Waals surface area contributed by atoms with E-state index in [2.05, 4.69) is 4.98 Å². The van der Waals surface area contributed by atoms with Gasteiger partial charge in [-0.15, -0.1) is 11.3 Å².